The fraction of sp³-hybridized carbons (Fsp3) is 0.500. The van der Waals surface area contributed by atoms with Crippen LogP contribution < -0.4 is 15.8 Å². The maximum Gasteiger partial charge on any atom is 0.237 e. The molecule has 0 aliphatic carbocycles. The minimum atomic E-state index is -0.535. The van der Waals surface area contributed by atoms with Gasteiger partial charge in [0.15, 0.2) is 0 Å². The van der Waals surface area contributed by atoms with Gasteiger partial charge in [0.1, 0.15) is 11.6 Å². The largest absolute Gasteiger partial charge is 0.496 e. The van der Waals surface area contributed by atoms with Gasteiger partial charge in [-0.15, -0.1) is 12.4 Å². The van der Waals surface area contributed by atoms with Crippen LogP contribution in [-0.2, 0) is 4.79 Å². The minimum Gasteiger partial charge on any atom is -0.496 e. The minimum absolute atomic E-state index is 0. The quantitative estimate of drug-likeness (QED) is 0.849. The Bertz CT molecular complexity index is 443. The molecule has 4 nitrogen and oxygen atoms in total. The topological polar surface area (TPSA) is 64.4 Å². The van der Waals surface area contributed by atoms with Gasteiger partial charge in [0.2, 0.25) is 5.91 Å². The summed E-state index contributed by atoms with van der Waals surface area (Å²) in [5.74, 6) is -0.0614. The molecule has 0 aliphatic rings. The maximum atomic E-state index is 13.3. The van der Waals surface area contributed by atoms with E-state index in [4.69, 9.17) is 10.5 Å². The average molecular weight is 305 g/mol. The second-order valence-corrected chi connectivity index (χ2v) is 4.51. The van der Waals surface area contributed by atoms with E-state index in [1.807, 2.05) is 6.92 Å². The summed E-state index contributed by atoms with van der Waals surface area (Å²) in [6.45, 7) is 3.74. The Morgan fingerprint density at radius 3 is 2.70 bits per heavy atom. The van der Waals surface area contributed by atoms with E-state index < -0.39 is 6.04 Å². The van der Waals surface area contributed by atoms with Gasteiger partial charge < -0.3 is 15.8 Å². The lowest BCUT2D eigenvalue weighted by molar-refractivity contribution is -0.123. The molecule has 1 aromatic carbocycles. The standard InChI is InChI=1S/C14H21FN2O2.ClH/c1-4-5-12(16)14(18)17-9(2)11-8-10(15)6-7-13(11)19-3;/h6-9,12H,4-5,16H2,1-3H3,(H,17,18);1H. The molecule has 2 atom stereocenters. The van der Waals surface area contributed by atoms with E-state index >= 15 is 0 Å². The molecule has 0 spiro atoms. The molecule has 1 amide bonds. The van der Waals surface area contributed by atoms with E-state index in [-0.39, 0.29) is 30.2 Å². The lowest BCUT2D eigenvalue weighted by Crippen LogP contribution is -2.41. The van der Waals surface area contributed by atoms with Crippen molar-refractivity contribution in [3.63, 3.8) is 0 Å². The Hall–Kier alpha value is -1.33. The summed E-state index contributed by atoms with van der Waals surface area (Å²) < 4.78 is 18.4. The second kappa shape index (κ2) is 8.76. The molecule has 3 N–H and O–H groups in total. The number of carbonyl (C=O) groups is 1. The molecule has 2 unspecified atom stereocenters. The maximum absolute atomic E-state index is 13.3. The van der Waals surface area contributed by atoms with Crippen LogP contribution in [0.25, 0.3) is 0 Å². The number of ether oxygens (including phenoxy) is 1. The first-order valence-electron chi connectivity index (χ1n) is 6.39. The van der Waals surface area contributed by atoms with Crippen LogP contribution in [-0.4, -0.2) is 19.1 Å². The Morgan fingerprint density at radius 2 is 2.15 bits per heavy atom. The number of hydrogen-bond donors (Lipinski definition) is 2. The van der Waals surface area contributed by atoms with E-state index in [1.54, 1.807) is 13.0 Å². The number of benzene rings is 1. The summed E-state index contributed by atoms with van der Waals surface area (Å²) in [6, 6.07) is 3.32. The van der Waals surface area contributed by atoms with Gasteiger partial charge in [0.25, 0.3) is 0 Å². The van der Waals surface area contributed by atoms with Gasteiger partial charge in [0.05, 0.1) is 19.2 Å². The number of hydrogen-bond acceptors (Lipinski definition) is 3. The molecule has 0 heterocycles. The van der Waals surface area contributed by atoms with Crippen LogP contribution >= 0.6 is 12.4 Å². The summed E-state index contributed by atoms with van der Waals surface area (Å²) in [7, 11) is 1.51. The lowest BCUT2D eigenvalue weighted by atomic mass is 10.1. The number of carbonyl (C=O) groups excluding carboxylic acids is 1. The van der Waals surface area contributed by atoms with Crippen molar-refractivity contribution in [2.45, 2.75) is 38.8 Å². The van der Waals surface area contributed by atoms with Gasteiger partial charge in [-0.05, 0) is 31.5 Å². The Kier molecular flexibility index (Phi) is 8.18. The van der Waals surface area contributed by atoms with E-state index in [2.05, 4.69) is 5.32 Å². The van der Waals surface area contributed by atoms with E-state index in [0.717, 1.165) is 6.42 Å². The zero-order valence-electron chi connectivity index (χ0n) is 12.0. The number of nitrogens with one attached hydrogen (secondary N) is 1. The third-order valence-corrected chi connectivity index (χ3v) is 2.95. The zero-order chi connectivity index (χ0) is 14.4. The lowest BCUT2D eigenvalue weighted by Gasteiger charge is -2.19. The Balaban J connectivity index is 0.00000361. The van der Waals surface area contributed by atoms with Crippen molar-refractivity contribution in [2.75, 3.05) is 7.11 Å². The summed E-state index contributed by atoms with van der Waals surface area (Å²) >= 11 is 0. The number of amides is 1. The van der Waals surface area contributed by atoms with Gasteiger partial charge in [-0.25, -0.2) is 4.39 Å². The Morgan fingerprint density at radius 1 is 1.50 bits per heavy atom. The summed E-state index contributed by atoms with van der Waals surface area (Å²) in [5, 5.41) is 2.77. The van der Waals surface area contributed by atoms with Crippen molar-refractivity contribution in [2.24, 2.45) is 5.73 Å². The zero-order valence-corrected chi connectivity index (χ0v) is 12.8. The molecule has 1 rings (SSSR count). The number of nitrogens with two attached hydrogens (primary N) is 1. The molecule has 6 heteroatoms. The van der Waals surface area contributed by atoms with Crippen molar-refractivity contribution in [1.29, 1.82) is 0 Å². The molecular weight excluding hydrogens is 283 g/mol. The van der Waals surface area contributed by atoms with Crippen molar-refractivity contribution in [3.8, 4) is 5.75 Å². The molecule has 114 valence electrons. The van der Waals surface area contributed by atoms with Crippen molar-refractivity contribution < 1.29 is 13.9 Å². The molecule has 1 aromatic rings. The van der Waals surface area contributed by atoms with Crippen molar-refractivity contribution in [1.82, 2.24) is 5.32 Å². The van der Waals surface area contributed by atoms with Gasteiger partial charge in [-0.3, -0.25) is 4.79 Å². The van der Waals surface area contributed by atoms with Crippen molar-refractivity contribution in [3.05, 3.63) is 29.6 Å². The molecule has 0 radical (unpaired) electrons. The molecule has 0 saturated carbocycles. The predicted molar refractivity (Wildman–Crippen MR) is 79.6 cm³/mol. The van der Waals surface area contributed by atoms with Crippen LogP contribution in [0.15, 0.2) is 18.2 Å². The van der Waals surface area contributed by atoms with Gasteiger partial charge in [0, 0.05) is 5.56 Å². The number of methoxy groups -OCH3 is 1. The molecule has 20 heavy (non-hydrogen) atoms. The summed E-state index contributed by atoms with van der Waals surface area (Å²) in [6.07, 6.45) is 1.46. The van der Waals surface area contributed by atoms with Crippen LogP contribution in [0.3, 0.4) is 0 Å². The van der Waals surface area contributed by atoms with Crippen LogP contribution in [0.1, 0.15) is 38.3 Å². The van der Waals surface area contributed by atoms with Crippen molar-refractivity contribution >= 4 is 18.3 Å². The van der Waals surface area contributed by atoms with Gasteiger partial charge >= 0.3 is 0 Å². The first-order chi connectivity index (χ1) is 8.99. The highest BCUT2D eigenvalue weighted by Gasteiger charge is 2.18. The fourth-order valence-electron chi connectivity index (χ4n) is 1.88. The third-order valence-electron chi connectivity index (χ3n) is 2.95. The monoisotopic (exact) mass is 304 g/mol. The fourth-order valence-corrected chi connectivity index (χ4v) is 1.88. The van der Waals surface area contributed by atoms with E-state index in [0.29, 0.717) is 17.7 Å². The van der Waals surface area contributed by atoms with Crippen LogP contribution in [0, 0.1) is 5.82 Å². The first kappa shape index (κ1) is 18.7. The summed E-state index contributed by atoms with van der Waals surface area (Å²) in [5.41, 5.74) is 6.33. The summed E-state index contributed by atoms with van der Waals surface area (Å²) in [4.78, 5) is 11.8. The predicted octanol–water partition coefficient (Wildman–Crippen LogP) is 2.56. The third kappa shape index (κ3) is 4.98. The molecule has 0 aromatic heterocycles. The molecule has 0 fully saturated rings. The van der Waals surface area contributed by atoms with Crippen LogP contribution in [0.4, 0.5) is 4.39 Å². The number of halogens is 2. The normalized spacial score (nSPS) is 13.1. The smallest absolute Gasteiger partial charge is 0.237 e. The number of rotatable bonds is 6. The highest BCUT2D eigenvalue weighted by molar-refractivity contribution is 5.85. The molecular formula is C14H22ClFN2O2. The first-order valence-corrected chi connectivity index (χ1v) is 6.39. The molecule has 0 saturated heterocycles. The van der Waals surface area contributed by atoms with Crippen LogP contribution in [0.5, 0.6) is 5.75 Å². The average Bonchev–Trinajstić information content (AvgIpc) is 2.38. The van der Waals surface area contributed by atoms with Gasteiger partial charge in [-0.1, -0.05) is 13.3 Å². The highest BCUT2D eigenvalue weighted by atomic mass is 35.5. The van der Waals surface area contributed by atoms with Crippen LogP contribution in [0.2, 0.25) is 0 Å². The Labute approximate surface area is 125 Å². The van der Waals surface area contributed by atoms with E-state index in [1.165, 1.54) is 19.2 Å². The molecule has 0 bridgehead atoms. The van der Waals surface area contributed by atoms with E-state index in [9.17, 15) is 9.18 Å². The SMILES string of the molecule is CCCC(N)C(=O)NC(C)c1cc(F)ccc1OC.Cl. The second-order valence-electron chi connectivity index (χ2n) is 4.51. The van der Waals surface area contributed by atoms with Gasteiger partial charge in [-0.2, -0.15) is 0 Å². The molecule has 0 aliphatic heterocycles. The highest BCUT2D eigenvalue weighted by Crippen LogP contribution is 2.25.